The van der Waals surface area contributed by atoms with Gasteiger partial charge < -0.3 is 19.5 Å². The molecule has 2 rings (SSSR count). The van der Waals surface area contributed by atoms with Crippen molar-refractivity contribution in [1.29, 1.82) is 5.26 Å². The molecule has 0 unspecified atom stereocenters. The number of ether oxygens (including phenoxy) is 3. The van der Waals surface area contributed by atoms with E-state index in [0.29, 0.717) is 34.4 Å². The standard InChI is InChI=1S/C15H15N3O3/c1-19-12-7-11(8-13(20-2)15(12)21-3)18-14-6-4-5-10(9-16)17-14/h4-8H,1-3H3,(H,17,18). The summed E-state index contributed by atoms with van der Waals surface area (Å²) in [5.74, 6) is 2.15. The maximum atomic E-state index is 8.86. The average Bonchev–Trinajstić information content (AvgIpc) is 2.53. The summed E-state index contributed by atoms with van der Waals surface area (Å²) in [6, 6.07) is 10.7. The molecule has 2 aromatic rings. The minimum absolute atomic E-state index is 0.340. The van der Waals surface area contributed by atoms with Crippen LogP contribution in [0.25, 0.3) is 0 Å². The van der Waals surface area contributed by atoms with Crippen LogP contribution in [-0.2, 0) is 0 Å². The van der Waals surface area contributed by atoms with Crippen molar-refractivity contribution in [2.75, 3.05) is 26.6 Å². The Bertz CT molecular complexity index is 655. The van der Waals surface area contributed by atoms with E-state index in [4.69, 9.17) is 19.5 Å². The summed E-state index contributed by atoms with van der Waals surface area (Å²) < 4.78 is 15.8. The average molecular weight is 285 g/mol. The van der Waals surface area contributed by atoms with Crippen LogP contribution >= 0.6 is 0 Å². The van der Waals surface area contributed by atoms with Gasteiger partial charge in [-0.05, 0) is 12.1 Å². The molecule has 1 aromatic heterocycles. The number of pyridine rings is 1. The first kappa shape index (κ1) is 14.5. The third-order valence-corrected chi connectivity index (χ3v) is 2.80. The molecule has 108 valence electrons. The van der Waals surface area contributed by atoms with Crippen molar-refractivity contribution in [2.45, 2.75) is 0 Å². The Kier molecular flexibility index (Phi) is 4.46. The largest absolute Gasteiger partial charge is 0.493 e. The summed E-state index contributed by atoms with van der Waals surface area (Å²) >= 11 is 0. The monoisotopic (exact) mass is 285 g/mol. The van der Waals surface area contributed by atoms with Gasteiger partial charge in [-0.2, -0.15) is 5.26 Å². The van der Waals surface area contributed by atoms with Crippen LogP contribution in [0.2, 0.25) is 0 Å². The Morgan fingerprint density at radius 3 is 2.24 bits per heavy atom. The van der Waals surface area contributed by atoms with Crippen LogP contribution in [0, 0.1) is 11.3 Å². The first-order valence-corrected chi connectivity index (χ1v) is 6.16. The molecule has 1 N–H and O–H groups in total. The highest BCUT2D eigenvalue weighted by atomic mass is 16.5. The lowest BCUT2D eigenvalue weighted by Gasteiger charge is -2.14. The second-order valence-corrected chi connectivity index (χ2v) is 4.06. The maximum Gasteiger partial charge on any atom is 0.203 e. The number of hydrogen-bond acceptors (Lipinski definition) is 6. The molecule has 0 saturated carbocycles. The molecule has 6 heteroatoms. The molecule has 0 aliphatic heterocycles. The van der Waals surface area contributed by atoms with Gasteiger partial charge in [0.1, 0.15) is 17.6 Å². The molecule has 0 aliphatic carbocycles. The fourth-order valence-corrected chi connectivity index (χ4v) is 1.87. The normalized spacial score (nSPS) is 9.62. The van der Waals surface area contributed by atoms with Gasteiger partial charge in [0.15, 0.2) is 11.5 Å². The number of nitrogens with zero attached hydrogens (tertiary/aromatic N) is 2. The van der Waals surface area contributed by atoms with E-state index in [1.807, 2.05) is 6.07 Å². The number of benzene rings is 1. The van der Waals surface area contributed by atoms with Crippen molar-refractivity contribution in [3.8, 4) is 23.3 Å². The molecule has 1 aromatic carbocycles. The van der Waals surface area contributed by atoms with Crippen LogP contribution in [0.3, 0.4) is 0 Å². The highest BCUT2D eigenvalue weighted by Gasteiger charge is 2.13. The summed E-state index contributed by atoms with van der Waals surface area (Å²) in [6.07, 6.45) is 0. The van der Waals surface area contributed by atoms with E-state index in [9.17, 15) is 0 Å². The molecule has 0 fully saturated rings. The Hall–Kier alpha value is -2.94. The predicted molar refractivity (Wildman–Crippen MR) is 78.3 cm³/mol. The lowest BCUT2D eigenvalue weighted by Crippen LogP contribution is -1.99. The van der Waals surface area contributed by atoms with Gasteiger partial charge in [0, 0.05) is 17.8 Å². The van der Waals surface area contributed by atoms with Crippen molar-refractivity contribution in [2.24, 2.45) is 0 Å². The number of anilines is 2. The maximum absolute atomic E-state index is 8.86. The number of rotatable bonds is 5. The van der Waals surface area contributed by atoms with Gasteiger partial charge in [0.25, 0.3) is 0 Å². The Balaban J connectivity index is 2.38. The van der Waals surface area contributed by atoms with Crippen molar-refractivity contribution in [1.82, 2.24) is 4.98 Å². The number of nitriles is 1. The van der Waals surface area contributed by atoms with Crippen molar-refractivity contribution in [3.05, 3.63) is 36.0 Å². The minimum atomic E-state index is 0.340. The van der Waals surface area contributed by atoms with Crippen LogP contribution in [0.4, 0.5) is 11.5 Å². The Labute approximate surface area is 122 Å². The fourth-order valence-electron chi connectivity index (χ4n) is 1.87. The van der Waals surface area contributed by atoms with E-state index in [-0.39, 0.29) is 0 Å². The van der Waals surface area contributed by atoms with Gasteiger partial charge >= 0.3 is 0 Å². The van der Waals surface area contributed by atoms with Gasteiger partial charge in [0.05, 0.1) is 21.3 Å². The molecular weight excluding hydrogens is 270 g/mol. The zero-order chi connectivity index (χ0) is 15.2. The highest BCUT2D eigenvalue weighted by molar-refractivity contribution is 5.66. The smallest absolute Gasteiger partial charge is 0.203 e. The molecule has 0 aliphatic rings. The van der Waals surface area contributed by atoms with E-state index in [1.165, 1.54) is 0 Å². The second kappa shape index (κ2) is 6.48. The van der Waals surface area contributed by atoms with Gasteiger partial charge in [-0.1, -0.05) is 6.07 Å². The zero-order valence-corrected chi connectivity index (χ0v) is 12.0. The van der Waals surface area contributed by atoms with Gasteiger partial charge in [-0.3, -0.25) is 0 Å². The minimum Gasteiger partial charge on any atom is -0.493 e. The third-order valence-electron chi connectivity index (χ3n) is 2.80. The van der Waals surface area contributed by atoms with E-state index in [1.54, 1.807) is 51.7 Å². The third kappa shape index (κ3) is 3.15. The summed E-state index contributed by atoms with van der Waals surface area (Å²) in [5.41, 5.74) is 1.06. The molecule has 0 spiro atoms. The zero-order valence-electron chi connectivity index (χ0n) is 12.0. The molecule has 0 atom stereocenters. The van der Waals surface area contributed by atoms with Crippen LogP contribution in [-0.4, -0.2) is 26.3 Å². The van der Waals surface area contributed by atoms with E-state index in [0.717, 1.165) is 0 Å². The van der Waals surface area contributed by atoms with Crippen molar-refractivity contribution >= 4 is 11.5 Å². The molecule has 6 nitrogen and oxygen atoms in total. The van der Waals surface area contributed by atoms with Gasteiger partial charge in [-0.25, -0.2) is 4.98 Å². The van der Waals surface area contributed by atoms with E-state index in [2.05, 4.69) is 10.3 Å². The summed E-state index contributed by atoms with van der Waals surface area (Å²) in [7, 11) is 4.65. The number of hydrogen-bond donors (Lipinski definition) is 1. The highest BCUT2D eigenvalue weighted by Crippen LogP contribution is 2.40. The molecule has 0 saturated heterocycles. The van der Waals surface area contributed by atoms with Crippen LogP contribution < -0.4 is 19.5 Å². The van der Waals surface area contributed by atoms with Crippen LogP contribution in [0.15, 0.2) is 30.3 Å². The summed E-state index contributed by atoms with van der Waals surface area (Å²) in [5, 5.41) is 12.0. The van der Waals surface area contributed by atoms with Crippen LogP contribution in [0.5, 0.6) is 17.2 Å². The number of methoxy groups -OCH3 is 3. The topological polar surface area (TPSA) is 76.4 Å². The molecular formula is C15H15N3O3. The van der Waals surface area contributed by atoms with Crippen molar-refractivity contribution < 1.29 is 14.2 Å². The van der Waals surface area contributed by atoms with Crippen LogP contribution in [0.1, 0.15) is 5.69 Å². The number of aromatic nitrogens is 1. The second-order valence-electron chi connectivity index (χ2n) is 4.06. The van der Waals surface area contributed by atoms with Crippen molar-refractivity contribution in [3.63, 3.8) is 0 Å². The van der Waals surface area contributed by atoms with Gasteiger partial charge in [-0.15, -0.1) is 0 Å². The predicted octanol–water partition coefficient (Wildman–Crippen LogP) is 2.72. The summed E-state index contributed by atoms with van der Waals surface area (Å²) in [4.78, 5) is 4.15. The lowest BCUT2D eigenvalue weighted by molar-refractivity contribution is 0.324. The summed E-state index contributed by atoms with van der Waals surface area (Å²) in [6.45, 7) is 0. The molecule has 0 bridgehead atoms. The quantitative estimate of drug-likeness (QED) is 0.910. The Morgan fingerprint density at radius 1 is 1.05 bits per heavy atom. The molecule has 21 heavy (non-hydrogen) atoms. The fraction of sp³-hybridized carbons (Fsp3) is 0.200. The molecule has 1 heterocycles. The Morgan fingerprint density at radius 2 is 1.71 bits per heavy atom. The first-order valence-electron chi connectivity index (χ1n) is 6.16. The van der Waals surface area contributed by atoms with Gasteiger partial charge in [0.2, 0.25) is 5.75 Å². The first-order chi connectivity index (χ1) is 10.2. The van der Waals surface area contributed by atoms with E-state index >= 15 is 0 Å². The number of nitrogens with one attached hydrogen (secondary N) is 1. The molecule has 0 radical (unpaired) electrons. The SMILES string of the molecule is COc1cc(Nc2cccc(C#N)n2)cc(OC)c1OC. The molecule has 0 amide bonds. The lowest BCUT2D eigenvalue weighted by atomic mass is 10.2. The van der Waals surface area contributed by atoms with E-state index < -0.39 is 0 Å².